The Bertz CT molecular complexity index is 2040. The number of carbonyl (C=O) groups is 3. The Kier molecular flexibility index (Phi) is 13.9. The number of primary amides is 1. The molecule has 3 aromatic carbocycles. The lowest BCUT2D eigenvalue weighted by atomic mass is 9.87. The lowest BCUT2D eigenvalue weighted by Gasteiger charge is -2.36. The number of amides is 3. The molecule has 3 aliphatic rings. The summed E-state index contributed by atoms with van der Waals surface area (Å²) in [5, 5.41) is 0. The first kappa shape index (κ1) is 41.7. The number of aromatic nitrogens is 1. The molecule has 3 aliphatic heterocycles. The third-order valence-electron chi connectivity index (χ3n) is 12.6. The van der Waals surface area contributed by atoms with Gasteiger partial charge in [-0.2, -0.15) is 0 Å². The van der Waals surface area contributed by atoms with E-state index < -0.39 is 0 Å². The van der Waals surface area contributed by atoms with Gasteiger partial charge in [-0.25, -0.2) is 0 Å². The molecule has 9 nitrogen and oxygen atoms in total. The highest BCUT2D eigenvalue weighted by atomic mass is 16.2. The van der Waals surface area contributed by atoms with E-state index >= 15 is 4.79 Å². The summed E-state index contributed by atoms with van der Waals surface area (Å²) in [5.41, 5.74) is 18.6. The van der Waals surface area contributed by atoms with Crippen LogP contribution in [0.25, 0.3) is 11.3 Å². The monoisotopic (exact) mass is 773 g/mol. The largest absolute Gasteiger partial charge is 0.372 e. The lowest BCUT2D eigenvalue weighted by Crippen LogP contribution is -2.44. The van der Waals surface area contributed by atoms with Gasteiger partial charge in [0, 0.05) is 81.4 Å². The van der Waals surface area contributed by atoms with E-state index in [1.807, 2.05) is 4.90 Å². The van der Waals surface area contributed by atoms with E-state index in [1.165, 1.54) is 44.9 Å². The van der Waals surface area contributed by atoms with Crippen LogP contribution in [0.1, 0.15) is 101 Å². The van der Waals surface area contributed by atoms with Crippen molar-refractivity contribution in [3.8, 4) is 11.3 Å². The van der Waals surface area contributed by atoms with E-state index in [9.17, 15) is 4.79 Å². The maximum Gasteiger partial charge on any atom is 0.255 e. The van der Waals surface area contributed by atoms with Crippen LogP contribution in [0.2, 0.25) is 0 Å². The molecule has 7 rings (SSSR count). The maximum atomic E-state index is 15.1. The first-order valence-corrected chi connectivity index (χ1v) is 21.2. The van der Waals surface area contributed by atoms with Crippen LogP contribution in [0.4, 0.5) is 5.69 Å². The highest BCUT2D eigenvalue weighted by Crippen LogP contribution is 2.39. The number of rotatable bonds is 11. The molecule has 0 unspecified atom stereocenters. The molecular weight excluding hydrogens is 709 g/mol. The van der Waals surface area contributed by atoms with Crippen LogP contribution < -0.4 is 10.6 Å². The number of hydrogen-bond acceptors (Lipinski definition) is 5. The van der Waals surface area contributed by atoms with E-state index in [2.05, 4.69) is 127 Å². The van der Waals surface area contributed by atoms with E-state index in [0.717, 1.165) is 99.8 Å². The SMILES string of the molecule is CCCCc1c(CCCC)c(-c2cc3c(cc2C(=O)N2Cc4ccccc4C[C@H]2C)CN(C(=O)Cc2cccc(N4CCN(C)CC4)c2)CC3)n(C)c1C.NC=O. The van der Waals surface area contributed by atoms with Crippen LogP contribution in [0.5, 0.6) is 0 Å². The minimum absolute atomic E-state index is 0.0887. The fraction of sp³-hybridized carbons (Fsp3) is 0.479. The van der Waals surface area contributed by atoms with Gasteiger partial charge in [0.15, 0.2) is 0 Å². The van der Waals surface area contributed by atoms with Crippen molar-refractivity contribution in [1.82, 2.24) is 19.3 Å². The number of hydrogen-bond donors (Lipinski definition) is 1. The third kappa shape index (κ3) is 9.30. The second-order valence-corrected chi connectivity index (χ2v) is 16.4. The van der Waals surface area contributed by atoms with E-state index in [-0.39, 0.29) is 24.3 Å². The molecule has 0 bridgehead atoms. The van der Waals surface area contributed by atoms with E-state index in [4.69, 9.17) is 4.79 Å². The van der Waals surface area contributed by atoms with Gasteiger partial charge < -0.3 is 29.9 Å². The third-order valence-corrected chi connectivity index (χ3v) is 12.6. The molecule has 1 saturated heterocycles. The predicted molar refractivity (Wildman–Crippen MR) is 232 cm³/mol. The molecule has 9 heteroatoms. The molecule has 0 spiro atoms. The van der Waals surface area contributed by atoms with Crippen molar-refractivity contribution in [3.63, 3.8) is 0 Å². The topological polar surface area (TPSA) is 95.1 Å². The van der Waals surface area contributed by atoms with Crippen molar-refractivity contribution in [3.05, 3.63) is 111 Å². The van der Waals surface area contributed by atoms with Crippen LogP contribution in [0.3, 0.4) is 0 Å². The number of nitrogens with zero attached hydrogens (tertiary/aromatic N) is 5. The van der Waals surface area contributed by atoms with Crippen molar-refractivity contribution in [2.75, 3.05) is 44.7 Å². The van der Waals surface area contributed by atoms with Crippen molar-refractivity contribution in [2.45, 2.75) is 105 Å². The van der Waals surface area contributed by atoms with Crippen LogP contribution in [-0.2, 0) is 61.8 Å². The van der Waals surface area contributed by atoms with Gasteiger partial charge in [-0.05, 0) is 123 Å². The Labute approximate surface area is 340 Å². The average molecular weight is 773 g/mol. The summed E-state index contributed by atoms with van der Waals surface area (Å²) in [6.45, 7) is 14.9. The molecule has 1 atom stereocenters. The molecule has 4 heterocycles. The van der Waals surface area contributed by atoms with Gasteiger partial charge >= 0.3 is 0 Å². The normalized spacial score (nSPS) is 16.7. The Morgan fingerprint density at radius 2 is 1.49 bits per heavy atom. The predicted octanol–water partition coefficient (Wildman–Crippen LogP) is 7.25. The summed E-state index contributed by atoms with van der Waals surface area (Å²) in [5.74, 6) is 0.240. The van der Waals surface area contributed by atoms with Crippen molar-refractivity contribution in [1.29, 1.82) is 0 Å². The van der Waals surface area contributed by atoms with Crippen LogP contribution in [0.15, 0.2) is 60.7 Å². The molecule has 2 N–H and O–H groups in total. The molecule has 0 saturated carbocycles. The van der Waals surface area contributed by atoms with Crippen molar-refractivity contribution in [2.24, 2.45) is 12.8 Å². The van der Waals surface area contributed by atoms with Crippen LogP contribution in [0, 0.1) is 6.92 Å². The van der Waals surface area contributed by atoms with Gasteiger partial charge in [-0.3, -0.25) is 14.4 Å². The number of fused-ring (bicyclic) bond motifs is 2. The first-order chi connectivity index (χ1) is 27.6. The quantitative estimate of drug-likeness (QED) is 0.162. The number of unbranched alkanes of at least 4 members (excludes halogenated alkanes) is 2. The van der Waals surface area contributed by atoms with Gasteiger partial charge in [0.2, 0.25) is 12.3 Å². The molecule has 1 aromatic heterocycles. The summed E-state index contributed by atoms with van der Waals surface area (Å²) in [6.07, 6.45) is 8.93. The van der Waals surface area contributed by atoms with Gasteiger partial charge in [-0.1, -0.05) is 63.1 Å². The van der Waals surface area contributed by atoms with E-state index in [0.29, 0.717) is 26.1 Å². The number of anilines is 1. The zero-order chi connectivity index (χ0) is 40.6. The Morgan fingerprint density at radius 3 is 2.19 bits per heavy atom. The molecule has 0 radical (unpaired) electrons. The number of likely N-dealkylation sites (N-methyl/N-ethyl adjacent to an activating group) is 1. The number of nitrogens with two attached hydrogens (primary N) is 1. The Balaban J connectivity index is 0.00000177. The van der Waals surface area contributed by atoms with Gasteiger partial charge in [0.1, 0.15) is 0 Å². The minimum Gasteiger partial charge on any atom is -0.372 e. The molecule has 3 amide bonds. The van der Waals surface area contributed by atoms with E-state index in [1.54, 1.807) is 0 Å². The molecular formula is C48H64N6O3. The van der Waals surface area contributed by atoms with Gasteiger partial charge in [0.25, 0.3) is 5.91 Å². The lowest BCUT2D eigenvalue weighted by molar-refractivity contribution is -0.131. The smallest absolute Gasteiger partial charge is 0.255 e. The number of piperazine rings is 1. The second kappa shape index (κ2) is 19.0. The Hall–Kier alpha value is -4.89. The minimum atomic E-state index is 0.0887. The number of benzene rings is 3. The van der Waals surface area contributed by atoms with Crippen LogP contribution >= 0.6 is 0 Å². The van der Waals surface area contributed by atoms with Gasteiger partial charge in [-0.15, -0.1) is 0 Å². The maximum absolute atomic E-state index is 15.1. The second-order valence-electron chi connectivity index (χ2n) is 16.4. The molecule has 0 aliphatic carbocycles. The summed E-state index contributed by atoms with van der Waals surface area (Å²) >= 11 is 0. The molecule has 1 fully saturated rings. The van der Waals surface area contributed by atoms with Crippen LogP contribution in [-0.4, -0.2) is 83.3 Å². The zero-order valence-electron chi connectivity index (χ0n) is 35.3. The fourth-order valence-corrected chi connectivity index (χ4v) is 9.10. The molecule has 57 heavy (non-hydrogen) atoms. The van der Waals surface area contributed by atoms with Crippen molar-refractivity contribution >= 4 is 23.9 Å². The molecule has 4 aromatic rings. The highest BCUT2D eigenvalue weighted by Gasteiger charge is 2.33. The van der Waals surface area contributed by atoms with Crippen molar-refractivity contribution < 1.29 is 14.4 Å². The summed E-state index contributed by atoms with van der Waals surface area (Å²) in [7, 11) is 4.37. The fourth-order valence-electron chi connectivity index (χ4n) is 9.10. The summed E-state index contributed by atoms with van der Waals surface area (Å²) in [4.78, 5) is 46.5. The van der Waals surface area contributed by atoms with Gasteiger partial charge in [0.05, 0.1) is 12.1 Å². The Morgan fingerprint density at radius 1 is 0.807 bits per heavy atom. The highest BCUT2D eigenvalue weighted by molar-refractivity contribution is 6.02. The first-order valence-electron chi connectivity index (χ1n) is 21.2. The standard InChI is InChI=1S/C47H61N5O2.CH3NO/c1-7-9-18-41-34(4)49(6)46(42(41)19-10-8-2)43-29-37-20-21-51(45(53)28-35-14-13-17-40(27-35)50-24-22-48(5)23-25-50)31-39(37)30-44(43)47(54)52-32-38-16-12-11-15-36(38)26-33(52)3;2-1-3/h11-17,27,29-30,33H,7-10,18-26,28,31-32H2,1-6H3;1H,(H2,2,3)/t33-;/m1./s1. The molecule has 304 valence electrons. The number of carbonyl (C=O) groups excluding carboxylic acids is 3. The summed E-state index contributed by atoms with van der Waals surface area (Å²) < 4.78 is 2.37. The average Bonchev–Trinajstić information content (AvgIpc) is 3.45. The summed E-state index contributed by atoms with van der Waals surface area (Å²) in [6, 6.07) is 21.7. The zero-order valence-corrected chi connectivity index (χ0v) is 35.3.